The maximum absolute atomic E-state index is 12.5. The van der Waals surface area contributed by atoms with Gasteiger partial charge in [0.1, 0.15) is 0 Å². The summed E-state index contributed by atoms with van der Waals surface area (Å²) >= 11 is 11.9. The van der Waals surface area contributed by atoms with Crippen LogP contribution in [0.15, 0.2) is 47.4 Å². The second kappa shape index (κ2) is 7.74. The molecule has 0 unspecified atom stereocenters. The lowest BCUT2D eigenvalue weighted by atomic mass is 10.2. The number of halogens is 2. The van der Waals surface area contributed by atoms with Gasteiger partial charge < -0.3 is 5.32 Å². The number of sulfone groups is 1. The van der Waals surface area contributed by atoms with Crippen molar-refractivity contribution in [2.45, 2.75) is 10.6 Å². The number of rotatable bonds is 5. The highest BCUT2D eigenvalue weighted by Crippen LogP contribution is 2.25. The Labute approximate surface area is 150 Å². The van der Waals surface area contributed by atoms with Crippen LogP contribution in [0.1, 0.15) is 5.56 Å². The first kappa shape index (κ1) is 18.4. The minimum Gasteiger partial charge on any atom is -0.340 e. The Bertz CT molecular complexity index is 840. The molecule has 2 aromatic carbocycles. The van der Waals surface area contributed by atoms with Gasteiger partial charge in [-0.15, -0.1) is 0 Å². The average molecular weight is 388 g/mol. The van der Waals surface area contributed by atoms with Gasteiger partial charge in [0.2, 0.25) is 0 Å². The predicted molar refractivity (Wildman–Crippen MR) is 95.0 cm³/mol. The number of benzene rings is 2. The molecule has 2 rings (SSSR count). The van der Waals surface area contributed by atoms with Gasteiger partial charge in [-0.05, 0) is 48.0 Å². The lowest BCUT2D eigenvalue weighted by molar-refractivity contribution is 0.245. The first-order valence-electron chi connectivity index (χ1n) is 6.82. The lowest BCUT2D eigenvalue weighted by Gasteiger charge is -2.10. The zero-order valence-corrected chi connectivity index (χ0v) is 15.0. The van der Waals surface area contributed by atoms with Crippen molar-refractivity contribution in [2.24, 2.45) is 0 Å². The van der Waals surface area contributed by atoms with E-state index in [9.17, 15) is 13.2 Å². The number of anilines is 1. The molecule has 0 aromatic heterocycles. The Morgan fingerprint density at radius 1 is 1.08 bits per heavy atom. The molecule has 0 bridgehead atoms. The van der Waals surface area contributed by atoms with E-state index >= 15 is 0 Å². The lowest BCUT2D eigenvalue weighted by Crippen LogP contribution is -2.36. The van der Waals surface area contributed by atoms with Crippen molar-refractivity contribution >= 4 is 44.8 Å². The number of carbonyl (C=O) groups is 1. The van der Waals surface area contributed by atoms with Crippen molar-refractivity contribution in [1.82, 2.24) is 10.7 Å². The van der Waals surface area contributed by atoms with Gasteiger partial charge in [0.25, 0.3) is 0 Å². The van der Waals surface area contributed by atoms with E-state index in [2.05, 4.69) is 16.2 Å². The molecule has 0 aliphatic rings. The van der Waals surface area contributed by atoms with E-state index in [0.29, 0.717) is 21.3 Å². The Kier molecular flexibility index (Phi) is 5.93. The number of nitrogens with one attached hydrogen (secondary N) is 3. The number of hydrogen-bond donors (Lipinski definition) is 3. The van der Waals surface area contributed by atoms with Crippen molar-refractivity contribution in [3.05, 3.63) is 58.1 Å². The van der Waals surface area contributed by atoms with Crippen LogP contribution in [0.5, 0.6) is 0 Å². The monoisotopic (exact) mass is 387 g/mol. The van der Waals surface area contributed by atoms with Gasteiger partial charge in [-0.25, -0.2) is 13.2 Å². The molecule has 0 heterocycles. The molecular weight excluding hydrogens is 373 g/mol. The van der Waals surface area contributed by atoms with Gasteiger partial charge in [-0.3, -0.25) is 10.9 Å². The number of hydrogen-bond acceptors (Lipinski definition) is 4. The molecule has 0 fully saturated rings. The summed E-state index contributed by atoms with van der Waals surface area (Å²) in [4.78, 5) is 11.2. The molecule has 2 aromatic rings. The van der Waals surface area contributed by atoms with E-state index in [-0.39, 0.29) is 10.6 Å². The quantitative estimate of drug-likeness (QED) is 0.687. The number of urea groups is 1. The molecule has 0 radical (unpaired) electrons. The summed E-state index contributed by atoms with van der Waals surface area (Å²) in [5.41, 5.74) is 6.00. The maximum atomic E-state index is 12.5. The minimum atomic E-state index is -3.58. The third-order valence-corrected chi connectivity index (χ3v) is 5.40. The van der Waals surface area contributed by atoms with Crippen LogP contribution in [0.3, 0.4) is 0 Å². The molecule has 0 spiro atoms. The fourth-order valence-electron chi connectivity index (χ4n) is 1.88. The van der Waals surface area contributed by atoms with Crippen LogP contribution < -0.4 is 16.2 Å². The first-order valence-corrected chi connectivity index (χ1v) is 9.23. The Hall–Kier alpha value is -1.96. The highest BCUT2D eigenvalue weighted by Gasteiger charge is 2.17. The number of hydrazine groups is 1. The molecule has 9 heteroatoms. The van der Waals surface area contributed by atoms with Crippen molar-refractivity contribution in [3.63, 3.8) is 0 Å². The SMILES string of the molecule is CNC(=O)NNc1ccc(S(=O)(=O)Cc2cc(Cl)ccc2Cl)cc1. The van der Waals surface area contributed by atoms with Gasteiger partial charge in [0.05, 0.1) is 16.3 Å². The van der Waals surface area contributed by atoms with E-state index in [1.165, 1.54) is 25.2 Å². The van der Waals surface area contributed by atoms with Crippen LogP contribution in [0.4, 0.5) is 10.5 Å². The largest absolute Gasteiger partial charge is 0.340 e. The smallest absolute Gasteiger partial charge is 0.333 e. The highest BCUT2D eigenvalue weighted by atomic mass is 35.5. The van der Waals surface area contributed by atoms with Crippen LogP contribution in [0.25, 0.3) is 0 Å². The second-order valence-electron chi connectivity index (χ2n) is 4.85. The van der Waals surface area contributed by atoms with Crippen molar-refractivity contribution in [2.75, 3.05) is 12.5 Å². The van der Waals surface area contributed by atoms with Gasteiger partial charge in [-0.1, -0.05) is 23.2 Å². The summed E-state index contributed by atoms with van der Waals surface area (Å²) in [5.74, 6) is -0.254. The van der Waals surface area contributed by atoms with E-state index in [1.54, 1.807) is 24.3 Å². The summed E-state index contributed by atoms with van der Waals surface area (Å²) in [6.45, 7) is 0. The van der Waals surface area contributed by atoms with Gasteiger partial charge in [-0.2, -0.15) is 0 Å². The van der Waals surface area contributed by atoms with E-state index in [1.807, 2.05) is 0 Å². The summed E-state index contributed by atoms with van der Waals surface area (Å²) < 4.78 is 25.0. The van der Waals surface area contributed by atoms with Gasteiger partial charge in [0, 0.05) is 17.1 Å². The van der Waals surface area contributed by atoms with Crippen molar-refractivity contribution < 1.29 is 13.2 Å². The molecule has 2 amide bonds. The maximum Gasteiger partial charge on any atom is 0.333 e. The minimum absolute atomic E-state index is 0.143. The summed E-state index contributed by atoms with van der Waals surface area (Å²) in [7, 11) is -2.10. The molecular formula is C15H15Cl2N3O3S. The van der Waals surface area contributed by atoms with E-state index < -0.39 is 15.9 Å². The summed E-state index contributed by atoms with van der Waals surface area (Å²) in [5, 5.41) is 3.14. The van der Waals surface area contributed by atoms with E-state index in [0.717, 1.165) is 0 Å². The van der Waals surface area contributed by atoms with Crippen LogP contribution in [0.2, 0.25) is 10.0 Å². The predicted octanol–water partition coefficient (Wildman–Crippen LogP) is 3.22. The topological polar surface area (TPSA) is 87.3 Å². The molecule has 0 atom stereocenters. The Balaban J connectivity index is 2.14. The Morgan fingerprint density at radius 3 is 2.38 bits per heavy atom. The molecule has 0 aliphatic heterocycles. The van der Waals surface area contributed by atoms with Crippen LogP contribution in [-0.2, 0) is 15.6 Å². The highest BCUT2D eigenvalue weighted by molar-refractivity contribution is 7.90. The second-order valence-corrected chi connectivity index (χ2v) is 7.68. The summed E-state index contributed by atoms with van der Waals surface area (Å²) in [6.07, 6.45) is 0. The third kappa shape index (κ3) is 4.77. The molecule has 0 saturated carbocycles. The fraction of sp³-hybridized carbons (Fsp3) is 0.133. The number of amides is 2. The molecule has 3 N–H and O–H groups in total. The van der Waals surface area contributed by atoms with Crippen LogP contribution in [-0.4, -0.2) is 21.5 Å². The standard InChI is InChI=1S/C15H15Cl2N3O3S/c1-18-15(21)20-19-12-3-5-13(6-4-12)24(22,23)9-10-8-11(16)2-7-14(10)17/h2-8,19H,9H2,1H3,(H2,18,20,21). The molecule has 6 nitrogen and oxygen atoms in total. The normalized spacial score (nSPS) is 11.0. The molecule has 128 valence electrons. The third-order valence-electron chi connectivity index (χ3n) is 3.11. The van der Waals surface area contributed by atoms with Gasteiger partial charge >= 0.3 is 6.03 Å². The number of carbonyl (C=O) groups excluding carboxylic acids is 1. The van der Waals surface area contributed by atoms with Crippen LogP contribution >= 0.6 is 23.2 Å². The molecule has 24 heavy (non-hydrogen) atoms. The Morgan fingerprint density at radius 2 is 1.75 bits per heavy atom. The van der Waals surface area contributed by atoms with Crippen molar-refractivity contribution in [3.8, 4) is 0 Å². The van der Waals surface area contributed by atoms with Crippen molar-refractivity contribution in [1.29, 1.82) is 0 Å². The fourth-order valence-corrected chi connectivity index (χ4v) is 3.70. The van der Waals surface area contributed by atoms with Crippen LogP contribution in [0, 0.1) is 0 Å². The molecule has 0 saturated heterocycles. The average Bonchev–Trinajstić information content (AvgIpc) is 2.56. The van der Waals surface area contributed by atoms with Gasteiger partial charge in [0.15, 0.2) is 9.84 Å². The zero-order chi connectivity index (χ0) is 17.7. The zero-order valence-electron chi connectivity index (χ0n) is 12.6. The molecule has 0 aliphatic carbocycles. The summed E-state index contributed by atoms with van der Waals surface area (Å²) in [6, 6.07) is 10.3. The van der Waals surface area contributed by atoms with E-state index in [4.69, 9.17) is 23.2 Å². The first-order chi connectivity index (χ1) is 11.3.